The summed E-state index contributed by atoms with van der Waals surface area (Å²) < 4.78 is 0.981. The van der Waals surface area contributed by atoms with E-state index in [2.05, 4.69) is 21.2 Å². The monoisotopic (exact) mass is 367 g/mol. The first-order valence-corrected chi connectivity index (χ1v) is 8.47. The van der Waals surface area contributed by atoms with Crippen molar-refractivity contribution < 1.29 is 14.7 Å². The molecule has 1 fully saturated rings. The van der Waals surface area contributed by atoms with Gasteiger partial charge in [0.15, 0.2) is 0 Å². The SMILES string of the molecule is CCC(CC)(CNC(=O)C1(c2ccc(Br)cc2)CC1)C(=O)O. The molecular formula is C17H22BrNO3. The lowest BCUT2D eigenvalue weighted by molar-refractivity contribution is -0.149. The molecule has 0 radical (unpaired) electrons. The number of halogens is 1. The fourth-order valence-corrected chi connectivity index (χ4v) is 3.10. The first-order valence-electron chi connectivity index (χ1n) is 7.68. The van der Waals surface area contributed by atoms with Gasteiger partial charge in [0.2, 0.25) is 5.91 Å². The highest BCUT2D eigenvalue weighted by atomic mass is 79.9. The largest absolute Gasteiger partial charge is 0.481 e. The molecule has 0 heterocycles. The molecule has 1 aromatic carbocycles. The van der Waals surface area contributed by atoms with Crippen molar-refractivity contribution in [2.45, 2.75) is 44.9 Å². The van der Waals surface area contributed by atoms with Gasteiger partial charge in [-0.3, -0.25) is 9.59 Å². The number of benzene rings is 1. The van der Waals surface area contributed by atoms with E-state index in [0.29, 0.717) is 12.8 Å². The highest BCUT2D eigenvalue weighted by molar-refractivity contribution is 9.10. The lowest BCUT2D eigenvalue weighted by atomic mass is 9.82. The zero-order chi connectivity index (χ0) is 16.4. The molecule has 1 amide bonds. The molecule has 1 aliphatic rings. The van der Waals surface area contributed by atoms with Crippen molar-refractivity contribution in [3.8, 4) is 0 Å². The first-order chi connectivity index (χ1) is 10.4. The molecule has 0 unspecified atom stereocenters. The Kier molecular flexibility index (Phi) is 4.95. The number of hydrogen-bond acceptors (Lipinski definition) is 2. The number of carboxylic acids is 1. The Balaban J connectivity index is 2.09. The van der Waals surface area contributed by atoms with Gasteiger partial charge in [-0.15, -0.1) is 0 Å². The van der Waals surface area contributed by atoms with E-state index in [1.54, 1.807) is 0 Å². The molecule has 1 saturated carbocycles. The molecule has 0 aromatic heterocycles. The maximum absolute atomic E-state index is 12.6. The summed E-state index contributed by atoms with van der Waals surface area (Å²) in [4.78, 5) is 24.1. The first kappa shape index (κ1) is 17.0. The molecule has 0 aliphatic heterocycles. The Bertz CT molecular complexity index is 560. The minimum Gasteiger partial charge on any atom is -0.481 e. The molecule has 2 rings (SSSR count). The van der Waals surface area contributed by atoms with Gasteiger partial charge in [-0.2, -0.15) is 0 Å². The molecule has 120 valence electrons. The van der Waals surface area contributed by atoms with Crippen LogP contribution in [-0.4, -0.2) is 23.5 Å². The van der Waals surface area contributed by atoms with Crippen LogP contribution in [0.5, 0.6) is 0 Å². The number of rotatable bonds is 7. The lowest BCUT2D eigenvalue weighted by Gasteiger charge is -2.28. The minimum absolute atomic E-state index is 0.0534. The topological polar surface area (TPSA) is 66.4 Å². The lowest BCUT2D eigenvalue weighted by Crippen LogP contribution is -2.45. The van der Waals surface area contributed by atoms with Gasteiger partial charge in [0.25, 0.3) is 0 Å². The predicted molar refractivity (Wildman–Crippen MR) is 88.7 cm³/mol. The van der Waals surface area contributed by atoms with Crippen LogP contribution in [0.15, 0.2) is 28.7 Å². The second-order valence-electron chi connectivity index (χ2n) is 6.06. The molecule has 5 heteroatoms. The van der Waals surface area contributed by atoms with Gasteiger partial charge in [-0.1, -0.05) is 41.9 Å². The number of hydrogen-bond donors (Lipinski definition) is 2. The Labute approximate surface area is 139 Å². The van der Waals surface area contributed by atoms with E-state index in [9.17, 15) is 14.7 Å². The van der Waals surface area contributed by atoms with E-state index in [1.165, 1.54) is 0 Å². The molecule has 0 atom stereocenters. The van der Waals surface area contributed by atoms with Gasteiger partial charge in [0, 0.05) is 11.0 Å². The highest BCUT2D eigenvalue weighted by Gasteiger charge is 2.51. The second-order valence-corrected chi connectivity index (χ2v) is 6.98. The third-order valence-electron chi connectivity index (χ3n) is 4.98. The number of carbonyl (C=O) groups excluding carboxylic acids is 1. The summed E-state index contributed by atoms with van der Waals surface area (Å²) in [7, 11) is 0. The summed E-state index contributed by atoms with van der Waals surface area (Å²) in [5.41, 5.74) is -0.333. The summed E-state index contributed by atoms with van der Waals surface area (Å²) in [6, 6.07) is 7.78. The Morgan fingerprint density at radius 2 is 1.77 bits per heavy atom. The van der Waals surface area contributed by atoms with Crippen molar-refractivity contribution in [3.05, 3.63) is 34.3 Å². The third kappa shape index (κ3) is 3.05. The van der Waals surface area contributed by atoms with E-state index in [0.717, 1.165) is 22.9 Å². The van der Waals surface area contributed by atoms with Gasteiger partial charge < -0.3 is 10.4 Å². The van der Waals surface area contributed by atoms with Crippen molar-refractivity contribution in [2.75, 3.05) is 6.54 Å². The predicted octanol–water partition coefficient (Wildman–Crippen LogP) is 3.49. The number of amides is 1. The number of carbonyl (C=O) groups is 2. The molecule has 2 N–H and O–H groups in total. The zero-order valence-corrected chi connectivity index (χ0v) is 14.6. The van der Waals surface area contributed by atoms with E-state index in [4.69, 9.17) is 0 Å². The highest BCUT2D eigenvalue weighted by Crippen LogP contribution is 2.48. The fourth-order valence-electron chi connectivity index (χ4n) is 2.84. The van der Waals surface area contributed by atoms with Crippen LogP contribution in [0.25, 0.3) is 0 Å². The van der Waals surface area contributed by atoms with Crippen LogP contribution in [-0.2, 0) is 15.0 Å². The molecule has 4 nitrogen and oxygen atoms in total. The molecule has 0 saturated heterocycles. The van der Waals surface area contributed by atoms with Crippen molar-refractivity contribution >= 4 is 27.8 Å². The summed E-state index contributed by atoms with van der Waals surface area (Å²) in [5, 5.41) is 12.3. The summed E-state index contributed by atoms with van der Waals surface area (Å²) in [6.07, 6.45) is 2.65. The Morgan fingerprint density at radius 3 is 2.18 bits per heavy atom. The minimum atomic E-state index is -0.870. The number of aliphatic carboxylic acids is 1. The average molecular weight is 368 g/mol. The van der Waals surface area contributed by atoms with E-state index >= 15 is 0 Å². The van der Waals surface area contributed by atoms with Crippen molar-refractivity contribution in [2.24, 2.45) is 5.41 Å². The molecular weight excluding hydrogens is 346 g/mol. The summed E-state index contributed by atoms with van der Waals surface area (Å²) in [5.74, 6) is -0.895. The molecule has 0 spiro atoms. The van der Waals surface area contributed by atoms with Crippen LogP contribution in [0.3, 0.4) is 0 Å². The molecule has 22 heavy (non-hydrogen) atoms. The third-order valence-corrected chi connectivity index (χ3v) is 5.50. The smallest absolute Gasteiger partial charge is 0.311 e. The quantitative estimate of drug-likeness (QED) is 0.774. The maximum atomic E-state index is 12.6. The Hall–Kier alpha value is -1.36. The second kappa shape index (κ2) is 6.41. The normalized spacial score (nSPS) is 16.1. The zero-order valence-electron chi connectivity index (χ0n) is 13.0. The van der Waals surface area contributed by atoms with Gasteiger partial charge in [-0.05, 0) is 43.4 Å². The molecule has 1 aliphatic carbocycles. The van der Waals surface area contributed by atoms with Crippen LogP contribution >= 0.6 is 15.9 Å². The van der Waals surface area contributed by atoms with E-state index in [1.807, 2.05) is 38.1 Å². The van der Waals surface area contributed by atoms with Gasteiger partial charge in [-0.25, -0.2) is 0 Å². The Morgan fingerprint density at radius 1 is 1.23 bits per heavy atom. The van der Waals surface area contributed by atoms with E-state index < -0.39 is 16.8 Å². The van der Waals surface area contributed by atoms with Crippen LogP contribution in [0, 0.1) is 5.41 Å². The summed E-state index contributed by atoms with van der Waals surface area (Å²) in [6.45, 7) is 3.89. The van der Waals surface area contributed by atoms with Gasteiger partial charge in [0.1, 0.15) is 0 Å². The molecule has 0 bridgehead atoms. The van der Waals surface area contributed by atoms with Crippen molar-refractivity contribution in [1.82, 2.24) is 5.32 Å². The van der Waals surface area contributed by atoms with Crippen molar-refractivity contribution in [1.29, 1.82) is 0 Å². The number of nitrogens with one attached hydrogen (secondary N) is 1. The van der Waals surface area contributed by atoms with Gasteiger partial charge in [0.05, 0.1) is 10.8 Å². The standard InChI is InChI=1S/C17H22BrNO3/c1-3-16(4-2,15(21)22)11-19-14(20)17(9-10-17)12-5-7-13(18)8-6-12/h5-8H,3-4,9-11H2,1-2H3,(H,19,20)(H,21,22). The van der Waals surface area contributed by atoms with Crippen LogP contribution in [0.4, 0.5) is 0 Å². The maximum Gasteiger partial charge on any atom is 0.311 e. The van der Waals surface area contributed by atoms with Crippen LogP contribution in [0.2, 0.25) is 0 Å². The average Bonchev–Trinajstić information content (AvgIpc) is 3.30. The van der Waals surface area contributed by atoms with E-state index in [-0.39, 0.29) is 12.5 Å². The van der Waals surface area contributed by atoms with Gasteiger partial charge >= 0.3 is 5.97 Å². The number of carboxylic acid groups (broad SMARTS) is 1. The van der Waals surface area contributed by atoms with Crippen molar-refractivity contribution in [3.63, 3.8) is 0 Å². The fraction of sp³-hybridized carbons (Fsp3) is 0.529. The van der Waals surface area contributed by atoms with Crippen LogP contribution in [0.1, 0.15) is 45.1 Å². The summed E-state index contributed by atoms with van der Waals surface area (Å²) >= 11 is 3.40. The molecule has 1 aromatic rings. The van der Waals surface area contributed by atoms with Crippen LogP contribution < -0.4 is 5.32 Å².